The van der Waals surface area contributed by atoms with Crippen molar-refractivity contribution >= 4 is 24.3 Å². The molecule has 0 fully saturated rings. The normalized spacial score (nSPS) is 8.67. The first-order valence-corrected chi connectivity index (χ1v) is 6.68. The van der Waals surface area contributed by atoms with Crippen molar-refractivity contribution in [3.05, 3.63) is 35.9 Å². The summed E-state index contributed by atoms with van der Waals surface area (Å²) in [7, 11) is 0. The Morgan fingerprint density at radius 2 is 1.86 bits per heavy atom. The Kier molecular flexibility index (Phi) is 15.0. The van der Waals surface area contributed by atoms with Crippen LogP contribution in [0.5, 0.6) is 0 Å². The Balaban J connectivity index is 0. The Hall–Kier alpha value is -1.79. The molecular formula is C14H26ClN5O. The number of rotatable bonds is 5. The van der Waals surface area contributed by atoms with Gasteiger partial charge in [-0.1, -0.05) is 43.7 Å². The summed E-state index contributed by atoms with van der Waals surface area (Å²) in [5.74, 6) is -0.120. The first-order valence-electron chi connectivity index (χ1n) is 6.68. The Bertz CT molecular complexity index is 386. The summed E-state index contributed by atoms with van der Waals surface area (Å²) in [6.45, 7) is 3.06. The van der Waals surface area contributed by atoms with Crippen molar-refractivity contribution in [3.8, 4) is 0 Å². The van der Waals surface area contributed by atoms with E-state index in [1.165, 1.54) is 5.56 Å². The molecule has 1 rings (SSSR count). The lowest BCUT2D eigenvalue weighted by atomic mass is 10.2. The van der Waals surface area contributed by atoms with Gasteiger partial charge in [0.1, 0.15) is 0 Å². The van der Waals surface area contributed by atoms with Gasteiger partial charge in [-0.2, -0.15) is 0 Å². The average molecular weight is 316 g/mol. The number of nitrogens with two attached hydrogens (primary N) is 1. The van der Waals surface area contributed by atoms with Crippen molar-refractivity contribution in [1.82, 2.24) is 10.6 Å². The quantitative estimate of drug-likeness (QED) is 0.280. The van der Waals surface area contributed by atoms with Gasteiger partial charge in [0.05, 0.1) is 0 Å². The highest BCUT2D eigenvalue weighted by Gasteiger charge is 1.93. The predicted molar refractivity (Wildman–Crippen MR) is 90.2 cm³/mol. The molecule has 1 aromatic carbocycles. The van der Waals surface area contributed by atoms with Gasteiger partial charge in [0.2, 0.25) is 0 Å². The second kappa shape index (κ2) is 14.6. The molecule has 0 radical (unpaired) electrons. The largest absolute Gasteiger partial charge is 0.396 e. The molecule has 0 spiro atoms. The summed E-state index contributed by atoms with van der Waals surface area (Å²) in [4.78, 5) is 0. The fourth-order valence-corrected chi connectivity index (χ4v) is 1.34. The highest BCUT2D eigenvalue weighted by atomic mass is 35.5. The van der Waals surface area contributed by atoms with Crippen molar-refractivity contribution in [1.29, 1.82) is 10.8 Å². The number of benzene rings is 1. The highest BCUT2D eigenvalue weighted by Crippen LogP contribution is 1.97. The first-order chi connectivity index (χ1) is 9.60. The van der Waals surface area contributed by atoms with Gasteiger partial charge in [-0.25, -0.2) is 0 Å². The zero-order chi connectivity index (χ0) is 15.2. The molecule has 0 unspecified atom stereocenters. The van der Waals surface area contributed by atoms with E-state index in [2.05, 4.69) is 17.6 Å². The molecule has 7 N–H and O–H groups in total. The van der Waals surface area contributed by atoms with Crippen LogP contribution >= 0.6 is 12.4 Å². The second-order valence-corrected chi connectivity index (χ2v) is 4.15. The van der Waals surface area contributed by atoms with Gasteiger partial charge in [0.15, 0.2) is 11.9 Å². The highest BCUT2D eigenvalue weighted by molar-refractivity contribution is 5.94. The molecule has 0 bridgehead atoms. The lowest BCUT2D eigenvalue weighted by Gasteiger charge is -2.06. The summed E-state index contributed by atoms with van der Waals surface area (Å²) in [6, 6.07) is 9.95. The molecule has 1 aromatic rings. The number of hydrogen-bond donors (Lipinski definition) is 6. The Labute approximate surface area is 132 Å². The molecule has 0 aliphatic rings. The molecule has 0 amide bonds. The van der Waals surface area contributed by atoms with E-state index in [0.29, 0.717) is 0 Å². The third-order valence-electron chi connectivity index (χ3n) is 2.34. The molecule has 120 valence electrons. The van der Waals surface area contributed by atoms with Crippen molar-refractivity contribution in [2.75, 3.05) is 13.2 Å². The van der Waals surface area contributed by atoms with E-state index in [1.807, 2.05) is 30.3 Å². The summed E-state index contributed by atoms with van der Waals surface area (Å²) in [6.07, 6.45) is 2.86. The van der Waals surface area contributed by atoms with Crippen molar-refractivity contribution < 1.29 is 5.11 Å². The van der Waals surface area contributed by atoms with Crippen molar-refractivity contribution in [2.45, 2.75) is 26.2 Å². The van der Waals surface area contributed by atoms with Gasteiger partial charge >= 0.3 is 0 Å². The van der Waals surface area contributed by atoms with Crippen molar-refractivity contribution in [2.24, 2.45) is 5.73 Å². The number of halogens is 1. The maximum atomic E-state index is 8.52. The molecule has 0 aliphatic heterocycles. The monoisotopic (exact) mass is 315 g/mol. The second-order valence-electron chi connectivity index (χ2n) is 4.15. The zero-order valence-corrected chi connectivity index (χ0v) is 13.2. The van der Waals surface area contributed by atoms with Crippen LogP contribution in [0.3, 0.4) is 0 Å². The van der Waals surface area contributed by atoms with Crippen LogP contribution in [0, 0.1) is 10.8 Å². The van der Waals surface area contributed by atoms with Crippen LogP contribution in [-0.4, -0.2) is 30.2 Å². The SMILES string of the molecule is CCCCNC(=N)NC(=N)N.Cl.OCCc1ccccc1. The van der Waals surface area contributed by atoms with Crippen LogP contribution in [0.2, 0.25) is 0 Å². The van der Waals surface area contributed by atoms with Gasteiger partial charge in [-0.05, 0) is 18.4 Å². The third-order valence-corrected chi connectivity index (χ3v) is 2.34. The summed E-state index contributed by atoms with van der Waals surface area (Å²) >= 11 is 0. The number of guanidine groups is 2. The molecule has 21 heavy (non-hydrogen) atoms. The summed E-state index contributed by atoms with van der Waals surface area (Å²) in [5.41, 5.74) is 6.18. The first kappa shape index (κ1) is 21.5. The maximum Gasteiger partial charge on any atom is 0.195 e. The van der Waals surface area contributed by atoms with E-state index in [1.54, 1.807) is 0 Å². The predicted octanol–water partition coefficient (Wildman–Crippen LogP) is 1.44. The molecule has 0 heterocycles. The van der Waals surface area contributed by atoms with Crippen LogP contribution in [0.1, 0.15) is 25.3 Å². The van der Waals surface area contributed by atoms with Crippen LogP contribution in [0.4, 0.5) is 0 Å². The van der Waals surface area contributed by atoms with E-state index in [9.17, 15) is 0 Å². The molecule has 0 atom stereocenters. The molecular weight excluding hydrogens is 290 g/mol. The van der Waals surface area contributed by atoms with Crippen LogP contribution in [0.15, 0.2) is 30.3 Å². The van der Waals surface area contributed by atoms with E-state index in [-0.39, 0.29) is 30.9 Å². The molecule has 0 aliphatic carbocycles. The average Bonchev–Trinajstić information content (AvgIpc) is 2.40. The summed E-state index contributed by atoms with van der Waals surface area (Å²) < 4.78 is 0. The van der Waals surface area contributed by atoms with E-state index >= 15 is 0 Å². The van der Waals surface area contributed by atoms with Gasteiger partial charge < -0.3 is 16.2 Å². The number of aliphatic hydroxyl groups excluding tert-OH is 1. The maximum absolute atomic E-state index is 8.52. The minimum Gasteiger partial charge on any atom is -0.396 e. The number of unbranched alkanes of at least 4 members (excludes halogenated alkanes) is 1. The molecule has 7 heteroatoms. The molecule has 0 aromatic heterocycles. The Morgan fingerprint density at radius 1 is 1.24 bits per heavy atom. The minimum absolute atomic E-state index is 0. The van der Waals surface area contributed by atoms with Gasteiger partial charge in [0, 0.05) is 13.2 Å². The molecule has 0 saturated heterocycles. The topological polar surface area (TPSA) is 118 Å². The fourth-order valence-electron chi connectivity index (χ4n) is 1.34. The third kappa shape index (κ3) is 14.4. The summed E-state index contributed by atoms with van der Waals surface area (Å²) in [5, 5.41) is 27.6. The van der Waals surface area contributed by atoms with Gasteiger partial charge in [-0.3, -0.25) is 16.1 Å². The van der Waals surface area contributed by atoms with E-state index < -0.39 is 0 Å². The zero-order valence-electron chi connectivity index (χ0n) is 12.4. The smallest absolute Gasteiger partial charge is 0.195 e. The lowest BCUT2D eigenvalue weighted by molar-refractivity contribution is 0.299. The Morgan fingerprint density at radius 3 is 2.33 bits per heavy atom. The van der Waals surface area contributed by atoms with Crippen LogP contribution in [-0.2, 0) is 6.42 Å². The van der Waals surface area contributed by atoms with Crippen molar-refractivity contribution in [3.63, 3.8) is 0 Å². The van der Waals surface area contributed by atoms with Gasteiger partial charge in [0.25, 0.3) is 0 Å². The van der Waals surface area contributed by atoms with E-state index in [4.69, 9.17) is 21.7 Å². The minimum atomic E-state index is -0.209. The standard InChI is InChI=1S/C8H10O.C6H15N5.ClH/c9-7-6-8-4-2-1-3-5-8;1-2-3-4-10-6(9)11-5(7)8;/h1-5,9H,6-7H2;2-4H2,1H3,(H6,7,8,9,10,11);1H. The number of aliphatic hydroxyl groups is 1. The lowest BCUT2D eigenvalue weighted by Crippen LogP contribution is -2.43. The molecule has 6 nitrogen and oxygen atoms in total. The fraction of sp³-hybridized carbons (Fsp3) is 0.429. The van der Waals surface area contributed by atoms with Crippen LogP contribution < -0.4 is 16.4 Å². The number of hydrogen-bond acceptors (Lipinski definition) is 3. The van der Waals surface area contributed by atoms with Gasteiger partial charge in [-0.15, -0.1) is 12.4 Å². The van der Waals surface area contributed by atoms with E-state index in [0.717, 1.165) is 25.8 Å². The number of nitrogens with one attached hydrogen (secondary N) is 4. The molecule has 0 saturated carbocycles. The van der Waals surface area contributed by atoms with Crippen LogP contribution in [0.25, 0.3) is 0 Å².